The van der Waals surface area contributed by atoms with Crippen molar-refractivity contribution in [2.75, 3.05) is 18.1 Å². The van der Waals surface area contributed by atoms with Crippen molar-refractivity contribution >= 4 is 40.0 Å². The molecule has 0 saturated carbocycles. The highest BCUT2D eigenvalue weighted by molar-refractivity contribution is 14.1. The first-order valence-electron chi connectivity index (χ1n) is 5.73. The smallest absolute Gasteiger partial charge is 0.142 e. The predicted molar refractivity (Wildman–Crippen MR) is 80.4 cm³/mol. The first-order chi connectivity index (χ1) is 8.34. The van der Waals surface area contributed by atoms with Gasteiger partial charge in [0, 0.05) is 18.3 Å². The van der Waals surface area contributed by atoms with E-state index in [0.717, 1.165) is 28.4 Å². The summed E-state index contributed by atoms with van der Waals surface area (Å²) in [6.45, 7) is 2.05. The Morgan fingerprint density at radius 2 is 2.41 bits per heavy atom. The van der Waals surface area contributed by atoms with Crippen LogP contribution in [0.5, 0.6) is 0 Å². The Morgan fingerprint density at radius 1 is 1.53 bits per heavy atom. The molecule has 1 aliphatic rings. The molecule has 3 nitrogen and oxygen atoms in total. The summed E-state index contributed by atoms with van der Waals surface area (Å²) in [6.07, 6.45) is 3.98. The number of rotatable bonds is 4. The summed E-state index contributed by atoms with van der Waals surface area (Å²) in [5.41, 5.74) is 2.36. The van der Waals surface area contributed by atoms with Gasteiger partial charge < -0.3 is 5.32 Å². The Morgan fingerprint density at radius 3 is 3.18 bits per heavy atom. The third-order valence-electron chi connectivity index (χ3n) is 3.03. The molecule has 1 saturated heterocycles. The first kappa shape index (κ1) is 11.8. The third kappa shape index (κ3) is 2.46. The van der Waals surface area contributed by atoms with Crippen LogP contribution >= 0.6 is 34.4 Å². The lowest BCUT2D eigenvalue weighted by Gasteiger charge is -2.24. The molecule has 0 aliphatic carbocycles. The molecule has 0 bridgehead atoms. The van der Waals surface area contributed by atoms with Gasteiger partial charge in [0.05, 0.1) is 6.20 Å². The van der Waals surface area contributed by atoms with Crippen molar-refractivity contribution in [2.45, 2.75) is 6.54 Å². The zero-order valence-corrected chi connectivity index (χ0v) is 12.4. The second kappa shape index (κ2) is 5.16. The van der Waals surface area contributed by atoms with E-state index in [4.69, 9.17) is 0 Å². The van der Waals surface area contributed by atoms with E-state index in [9.17, 15) is 0 Å². The van der Waals surface area contributed by atoms with E-state index in [1.807, 2.05) is 18.0 Å². The van der Waals surface area contributed by atoms with Gasteiger partial charge in [-0.1, -0.05) is 6.07 Å². The summed E-state index contributed by atoms with van der Waals surface area (Å²) >= 11 is 4.35. The lowest BCUT2D eigenvalue weighted by Crippen LogP contribution is -2.31. The molecule has 0 unspecified atom stereocenters. The van der Waals surface area contributed by atoms with Crippen molar-refractivity contribution in [2.24, 2.45) is 5.92 Å². The summed E-state index contributed by atoms with van der Waals surface area (Å²) in [6, 6.07) is 4.24. The minimum Gasteiger partial charge on any atom is -0.312 e. The van der Waals surface area contributed by atoms with Crippen molar-refractivity contribution in [3.63, 3.8) is 0 Å². The molecule has 3 rings (SSSR count). The average molecular weight is 359 g/mol. The quantitative estimate of drug-likeness (QED) is 0.851. The summed E-state index contributed by atoms with van der Waals surface area (Å²) in [7, 11) is 0. The fourth-order valence-corrected chi connectivity index (χ4v) is 3.32. The topological polar surface area (TPSA) is 29.3 Å². The summed E-state index contributed by atoms with van der Waals surface area (Å²) in [5.74, 6) is 3.51. The summed E-state index contributed by atoms with van der Waals surface area (Å²) < 4.78 is 3.30. The fourth-order valence-electron chi connectivity index (χ4n) is 1.99. The van der Waals surface area contributed by atoms with Crippen LogP contribution < -0.4 is 5.32 Å². The van der Waals surface area contributed by atoms with Gasteiger partial charge in [-0.2, -0.15) is 11.8 Å². The molecule has 0 spiro atoms. The monoisotopic (exact) mass is 359 g/mol. The number of nitrogens with zero attached hydrogens (tertiary/aromatic N) is 2. The molecule has 0 aromatic carbocycles. The van der Waals surface area contributed by atoms with Gasteiger partial charge in [-0.3, -0.25) is 4.40 Å². The van der Waals surface area contributed by atoms with Crippen molar-refractivity contribution in [1.29, 1.82) is 0 Å². The molecule has 0 amide bonds. The Labute approximate surface area is 119 Å². The maximum absolute atomic E-state index is 4.46. The highest BCUT2D eigenvalue weighted by atomic mass is 127. The number of fused-ring (bicyclic) bond motifs is 1. The van der Waals surface area contributed by atoms with E-state index < -0.39 is 0 Å². The number of imidazole rings is 1. The lowest BCUT2D eigenvalue weighted by atomic mass is 10.2. The van der Waals surface area contributed by atoms with Crippen LogP contribution in [0.25, 0.3) is 5.65 Å². The number of hydrogen-bond acceptors (Lipinski definition) is 3. The standard InChI is InChI=1S/C12H14IN3S/c13-11-6-15-12-10(2-1-3-16(11)12)5-14-4-9-7-17-8-9/h1-3,6,9,14H,4-5,7-8H2. The molecule has 3 heterocycles. The van der Waals surface area contributed by atoms with Gasteiger partial charge in [-0.25, -0.2) is 4.98 Å². The van der Waals surface area contributed by atoms with Crippen LogP contribution in [0.15, 0.2) is 24.5 Å². The number of aromatic nitrogens is 2. The zero-order chi connectivity index (χ0) is 11.7. The van der Waals surface area contributed by atoms with Gasteiger partial charge in [-0.05, 0) is 52.6 Å². The number of thioether (sulfide) groups is 1. The van der Waals surface area contributed by atoms with E-state index in [1.165, 1.54) is 17.1 Å². The summed E-state index contributed by atoms with van der Waals surface area (Å²) in [4.78, 5) is 4.46. The summed E-state index contributed by atoms with van der Waals surface area (Å²) in [5, 5.41) is 3.54. The minimum atomic E-state index is 0.875. The van der Waals surface area contributed by atoms with Crippen molar-refractivity contribution in [3.8, 4) is 0 Å². The number of nitrogens with one attached hydrogen (secondary N) is 1. The Bertz CT molecular complexity index is 521. The van der Waals surface area contributed by atoms with Gasteiger partial charge in [0.25, 0.3) is 0 Å². The van der Waals surface area contributed by atoms with E-state index in [0.29, 0.717) is 0 Å². The maximum atomic E-state index is 4.46. The molecule has 1 fully saturated rings. The predicted octanol–water partition coefficient (Wildman–Crippen LogP) is 2.39. The SMILES string of the molecule is Ic1cnc2c(CNCC3CSC3)cccn12. The second-order valence-electron chi connectivity index (χ2n) is 4.34. The van der Waals surface area contributed by atoms with Crippen LogP contribution in [0.4, 0.5) is 0 Å². The van der Waals surface area contributed by atoms with E-state index in [1.54, 1.807) is 0 Å². The number of hydrogen-bond donors (Lipinski definition) is 1. The Hall–Kier alpha value is -0.270. The van der Waals surface area contributed by atoms with Crippen LogP contribution in [-0.2, 0) is 6.54 Å². The minimum absolute atomic E-state index is 0.875. The van der Waals surface area contributed by atoms with Crippen LogP contribution in [0, 0.1) is 9.62 Å². The highest BCUT2D eigenvalue weighted by Gasteiger charge is 2.17. The molecule has 5 heteroatoms. The lowest BCUT2D eigenvalue weighted by molar-refractivity contribution is 0.547. The van der Waals surface area contributed by atoms with Crippen molar-refractivity contribution < 1.29 is 0 Å². The molecule has 17 heavy (non-hydrogen) atoms. The number of halogens is 1. The second-order valence-corrected chi connectivity index (χ2v) is 6.52. The molecule has 1 aliphatic heterocycles. The van der Waals surface area contributed by atoms with Crippen LogP contribution in [0.3, 0.4) is 0 Å². The van der Waals surface area contributed by atoms with Crippen LogP contribution in [0.1, 0.15) is 5.56 Å². The van der Waals surface area contributed by atoms with Gasteiger partial charge in [-0.15, -0.1) is 0 Å². The number of pyridine rings is 1. The molecule has 2 aromatic heterocycles. The maximum Gasteiger partial charge on any atom is 0.142 e. The van der Waals surface area contributed by atoms with Crippen molar-refractivity contribution in [3.05, 3.63) is 33.8 Å². The molecule has 2 aromatic rings. The van der Waals surface area contributed by atoms with Crippen LogP contribution in [-0.4, -0.2) is 27.4 Å². The zero-order valence-electron chi connectivity index (χ0n) is 9.40. The Kier molecular flexibility index (Phi) is 3.58. The molecule has 90 valence electrons. The molecule has 1 N–H and O–H groups in total. The van der Waals surface area contributed by atoms with Crippen molar-refractivity contribution in [1.82, 2.24) is 14.7 Å². The first-order valence-corrected chi connectivity index (χ1v) is 7.97. The highest BCUT2D eigenvalue weighted by Crippen LogP contribution is 2.23. The Balaban J connectivity index is 1.71. The molecule has 0 atom stereocenters. The fraction of sp³-hybridized carbons (Fsp3) is 0.417. The third-order valence-corrected chi connectivity index (χ3v) is 5.24. The largest absolute Gasteiger partial charge is 0.312 e. The average Bonchev–Trinajstić information content (AvgIpc) is 2.65. The van der Waals surface area contributed by atoms with E-state index in [-0.39, 0.29) is 0 Å². The molecular formula is C12H14IN3S. The van der Waals surface area contributed by atoms with E-state index >= 15 is 0 Å². The normalized spacial score (nSPS) is 16.3. The van der Waals surface area contributed by atoms with Gasteiger partial charge in [0.2, 0.25) is 0 Å². The van der Waals surface area contributed by atoms with Gasteiger partial charge in [0.1, 0.15) is 9.35 Å². The van der Waals surface area contributed by atoms with Gasteiger partial charge >= 0.3 is 0 Å². The van der Waals surface area contributed by atoms with E-state index in [2.05, 4.69) is 55.6 Å². The van der Waals surface area contributed by atoms with Crippen LogP contribution in [0.2, 0.25) is 0 Å². The molecular weight excluding hydrogens is 345 g/mol. The van der Waals surface area contributed by atoms with Gasteiger partial charge in [0.15, 0.2) is 0 Å². The molecule has 0 radical (unpaired) electrons.